The third kappa shape index (κ3) is 3.86. The van der Waals surface area contributed by atoms with Crippen molar-refractivity contribution in [3.8, 4) is 11.3 Å². The summed E-state index contributed by atoms with van der Waals surface area (Å²) in [6, 6.07) is 6.72. The van der Waals surface area contributed by atoms with Gasteiger partial charge in [-0.3, -0.25) is 4.79 Å². The zero-order valence-corrected chi connectivity index (χ0v) is 17.9. The average molecular weight is 449 g/mol. The Bertz CT molecular complexity index is 1310. The van der Waals surface area contributed by atoms with Gasteiger partial charge in [0.2, 0.25) is 10.0 Å². The molecular weight excluding hydrogens is 432 g/mol. The number of pyridine rings is 1. The maximum atomic E-state index is 12.6. The van der Waals surface area contributed by atoms with E-state index in [0.29, 0.717) is 32.6 Å². The first-order chi connectivity index (χ1) is 13.9. The van der Waals surface area contributed by atoms with E-state index in [1.54, 1.807) is 24.5 Å². The van der Waals surface area contributed by atoms with Gasteiger partial charge in [0.15, 0.2) is 0 Å². The Morgan fingerprint density at radius 3 is 2.76 bits per heavy atom. The first-order valence-electron chi connectivity index (χ1n) is 8.42. The first kappa shape index (κ1) is 19.8. The number of thiophene rings is 1. The fourth-order valence-corrected chi connectivity index (χ4v) is 5.14. The number of H-pyrrole nitrogens is 1. The Balaban J connectivity index is 1.54. The summed E-state index contributed by atoms with van der Waals surface area (Å²) in [7, 11) is -0.571. The number of aromatic amines is 1. The second-order valence-electron chi connectivity index (χ2n) is 6.23. The standard InChI is InChI=1S/C18H16N4O4S3/c1-22(2)29(24,25)11-5-6-15(19-8-11)27-10-14-20-17(23)16-12(9-28-18(16)21-14)13-4-3-7-26-13/h3-9H,10H2,1-2H3,(H,20,21,23). The van der Waals surface area contributed by atoms with Crippen molar-refractivity contribution in [1.82, 2.24) is 19.3 Å². The third-order valence-corrected chi connectivity index (χ3v) is 7.75. The molecule has 29 heavy (non-hydrogen) atoms. The van der Waals surface area contributed by atoms with Crippen LogP contribution in [0.15, 0.2) is 61.2 Å². The summed E-state index contributed by atoms with van der Waals surface area (Å²) < 4.78 is 30.7. The zero-order valence-electron chi connectivity index (χ0n) is 15.4. The van der Waals surface area contributed by atoms with Gasteiger partial charge in [-0.25, -0.2) is 22.7 Å². The van der Waals surface area contributed by atoms with E-state index in [2.05, 4.69) is 15.0 Å². The van der Waals surface area contributed by atoms with Crippen molar-refractivity contribution in [2.24, 2.45) is 0 Å². The summed E-state index contributed by atoms with van der Waals surface area (Å²) in [5.41, 5.74) is 0.501. The van der Waals surface area contributed by atoms with Crippen LogP contribution in [0.3, 0.4) is 0 Å². The molecule has 0 spiro atoms. The average Bonchev–Trinajstić information content (AvgIpc) is 3.36. The van der Waals surface area contributed by atoms with Crippen LogP contribution in [-0.2, 0) is 15.8 Å². The van der Waals surface area contributed by atoms with Gasteiger partial charge in [0.05, 0.1) is 22.4 Å². The van der Waals surface area contributed by atoms with Gasteiger partial charge in [-0.15, -0.1) is 11.3 Å². The van der Waals surface area contributed by atoms with E-state index in [9.17, 15) is 13.2 Å². The van der Waals surface area contributed by atoms with Crippen LogP contribution >= 0.6 is 23.1 Å². The van der Waals surface area contributed by atoms with E-state index in [4.69, 9.17) is 4.42 Å². The van der Waals surface area contributed by atoms with Crippen LogP contribution in [-0.4, -0.2) is 41.8 Å². The maximum absolute atomic E-state index is 12.6. The van der Waals surface area contributed by atoms with Gasteiger partial charge in [-0.2, -0.15) is 0 Å². The van der Waals surface area contributed by atoms with Crippen molar-refractivity contribution in [2.45, 2.75) is 15.7 Å². The van der Waals surface area contributed by atoms with Gasteiger partial charge < -0.3 is 9.40 Å². The number of furan rings is 1. The van der Waals surface area contributed by atoms with Crippen molar-refractivity contribution in [3.63, 3.8) is 0 Å². The lowest BCUT2D eigenvalue weighted by Gasteiger charge is -2.11. The molecule has 0 bridgehead atoms. The van der Waals surface area contributed by atoms with Crippen LogP contribution in [0.25, 0.3) is 21.5 Å². The Morgan fingerprint density at radius 1 is 1.28 bits per heavy atom. The van der Waals surface area contributed by atoms with E-state index in [1.807, 2.05) is 5.38 Å². The minimum absolute atomic E-state index is 0.129. The minimum Gasteiger partial charge on any atom is -0.464 e. The highest BCUT2D eigenvalue weighted by Gasteiger charge is 2.18. The molecule has 4 aromatic heterocycles. The van der Waals surface area contributed by atoms with Crippen LogP contribution < -0.4 is 5.56 Å². The molecule has 1 N–H and O–H groups in total. The van der Waals surface area contributed by atoms with Gasteiger partial charge in [-0.05, 0) is 24.3 Å². The van der Waals surface area contributed by atoms with Crippen molar-refractivity contribution in [1.29, 1.82) is 0 Å². The van der Waals surface area contributed by atoms with Gasteiger partial charge in [0.1, 0.15) is 21.3 Å². The number of hydrogen-bond donors (Lipinski definition) is 1. The first-order valence-corrected chi connectivity index (χ1v) is 11.7. The summed E-state index contributed by atoms with van der Waals surface area (Å²) in [4.78, 5) is 24.9. The van der Waals surface area contributed by atoms with Crippen molar-refractivity contribution in [3.05, 3.63) is 58.3 Å². The monoisotopic (exact) mass is 448 g/mol. The number of nitrogens with one attached hydrogen (secondary N) is 1. The SMILES string of the molecule is CN(C)S(=O)(=O)c1ccc(SCc2nc3scc(-c4ccco4)c3c(=O)[nH]2)nc1. The Morgan fingerprint density at radius 2 is 2.10 bits per heavy atom. The predicted molar refractivity (Wildman–Crippen MR) is 113 cm³/mol. The van der Waals surface area contributed by atoms with E-state index in [0.717, 1.165) is 9.87 Å². The molecule has 0 fully saturated rings. The molecule has 0 aromatic carbocycles. The minimum atomic E-state index is -3.51. The van der Waals surface area contributed by atoms with Crippen LogP contribution in [0.4, 0.5) is 0 Å². The number of hydrogen-bond acceptors (Lipinski definition) is 8. The molecule has 0 amide bonds. The van der Waals surface area contributed by atoms with Crippen molar-refractivity contribution < 1.29 is 12.8 Å². The quantitative estimate of drug-likeness (QED) is 0.451. The molecule has 4 aromatic rings. The molecule has 4 rings (SSSR count). The molecule has 4 heterocycles. The summed E-state index contributed by atoms with van der Waals surface area (Å²) in [5, 5.41) is 3.00. The maximum Gasteiger partial charge on any atom is 0.260 e. The van der Waals surface area contributed by atoms with Crippen LogP contribution in [0.5, 0.6) is 0 Å². The number of nitrogens with zero attached hydrogens (tertiary/aromatic N) is 3. The summed E-state index contributed by atoms with van der Waals surface area (Å²) in [5.74, 6) is 1.54. The van der Waals surface area contributed by atoms with E-state index in [-0.39, 0.29) is 10.5 Å². The summed E-state index contributed by atoms with van der Waals surface area (Å²) in [6.45, 7) is 0. The molecule has 0 radical (unpaired) electrons. The lowest BCUT2D eigenvalue weighted by Crippen LogP contribution is -2.22. The highest BCUT2D eigenvalue weighted by Crippen LogP contribution is 2.31. The second kappa shape index (κ2) is 7.75. The molecule has 0 aliphatic rings. The van der Waals surface area contributed by atoms with Gasteiger partial charge in [0.25, 0.3) is 5.56 Å². The fraction of sp³-hybridized carbons (Fsp3) is 0.167. The van der Waals surface area contributed by atoms with Crippen LogP contribution in [0, 0.1) is 0 Å². The van der Waals surface area contributed by atoms with E-state index >= 15 is 0 Å². The summed E-state index contributed by atoms with van der Waals surface area (Å²) in [6.07, 6.45) is 2.89. The number of aromatic nitrogens is 3. The molecule has 0 atom stereocenters. The Hall–Kier alpha value is -2.47. The molecular formula is C18H16N4O4S3. The summed E-state index contributed by atoms with van der Waals surface area (Å²) >= 11 is 2.74. The normalized spacial score (nSPS) is 12.1. The number of sulfonamides is 1. The van der Waals surface area contributed by atoms with Crippen LogP contribution in [0.2, 0.25) is 0 Å². The molecule has 0 aliphatic heterocycles. The lowest BCUT2D eigenvalue weighted by atomic mass is 10.2. The van der Waals surface area contributed by atoms with Gasteiger partial charge >= 0.3 is 0 Å². The van der Waals surface area contributed by atoms with Crippen molar-refractivity contribution >= 4 is 43.3 Å². The molecule has 150 valence electrons. The molecule has 0 unspecified atom stereocenters. The molecule has 11 heteroatoms. The predicted octanol–water partition coefficient (Wildman–Crippen LogP) is 3.18. The number of thioether (sulfide) groups is 1. The number of fused-ring (bicyclic) bond motifs is 1. The Labute approximate surface area is 174 Å². The van der Waals surface area contributed by atoms with Crippen LogP contribution in [0.1, 0.15) is 5.82 Å². The molecule has 0 saturated carbocycles. The topological polar surface area (TPSA) is 109 Å². The second-order valence-corrected chi connectivity index (χ2v) is 10.2. The van der Waals surface area contributed by atoms with Crippen molar-refractivity contribution in [2.75, 3.05) is 14.1 Å². The molecule has 0 saturated heterocycles. The lowest BCUT2D eigenvalue weighted by molar-refractivity contribution is 0.520. The fourth-order valence-electron chi connectivity index (χ4n) is 2.63. The van der Waals surface area contributed by atoms with Gasteiger partial charge in [0, 0.05) is 31.2 Å². The highest BCUT2D eigenvalue weighted by atomic mass is 32.2. The number of rotatable bonds is 6. The zero-order chi connectivity index (χ0) is 20.6. The van der Waals surface area contributed by atoms with Gasteiger partial charge in [-0.1, -0.05) is 11.8 Å². The largest absolute Gasteiger partial charge is 0.464 e. The smallest absolute Gasteiger partial charge is 0.260 e. The highest BCUT2D eigenvalue weighted by molar-refractivity contribution is 7.98. The molecule has 8 nitrogen and oxygen atoms in total. The molecule has 0 aliphatic carbocycles. The van der Waals surface area contributed by atoms with E-state index in [1.165, 1.54) is 49.5 Å². The Kier molecular flexibility index (Phi) is 5.30. The third-order valence-electron chi connectivity index (χ3n) is 4.12. The van der Waals surface area contributed by atoms with E-state index < -0.39 is 10.0 Å².